The number of aromatic nitrogens is 2. The first-order chi connectivity index (χ1) is 11.8. The number of nitrogens with zero attached hydrogens (tertiary/aromatic N) is 3. The predicted octanol–water partition coefficient (Wildman–Crippen LogP) is 3.67. The summed E-state index contributed by atoms with van der Waals surface area (Å²) >= 11 is 0. The minimum Gasteiger partial charge on any atom is -0.454 e. The third-order valence-electron chi connectivity index (χ3n) is 4.17. The Morgan fingerprint density at radius 3 is 2.64 bits per heavy atom. The van der Waals surface area contributed by atoms with Gasteiger partial charge < -0.3 is 4.42 Å². The smallest absolute Gasteiger partial charge is 0.321 e. The molecule has 0 saturated heterocycles. The van der Waals surface area contributed by atoms with Crippen LogP contribution in [0.4, 0.5) is 5.69 Å². The highest BCUT2D eigenvalue weighted by Crippen LogP contribution is 2.34. The topological polar surface area (TPSA) is 91.2 Å². The number of hydrogen-bond acceptors (Lipinski definition) is 5. The number of aryl methyl sites for hydroxylation is 4. The van der Waals surface area contributed by atoms with Gasteiger partial charge in [-0.1, -0.05) is 19.4 Å². The van der Waals surface area contributed by atoms with Gasteiger partial charge in [0.1, 0.15) is 11.3 Å². The zero-order valence-corrected chi connectivity index (χ0v) is 14.6. The highest BCUT2D eigenvalue weighted by molar-refractivity contribution is 5.83. The monoisotopic (exact) mass is 341 g/mol. The van der Waals surface area contributed by atoms with E-state index in [-0.39, 0.29) is 22.6 Å². The second-order valence-corrected chi connectivity index (χ2v) is 6.20. The zero-order chi connectivity index (χ0) is 18.3. The van der Waals surface area contributed by atoms with Gasteiger partial charge in [-0.2, -0.15) is 5.10 Å². The molecule has 0 aliphatic carbocycles. The summed E-state index contributed by atoms with van der Waals surface area (Å²) in [5, 5.41) is 16.3. The molecule has 3 rings (SSSR count). The second kappa shape index (κ2) is 6.16. The van der Waals surface area contributed by atoms with Crippen molar-refractivity contribution in [2.45, 2.75) is 33.6 Å². The van der Waals surface area contributed by atoms with Crippen LogP contribution in [-0.4, -0.2) is 14.7 Å². The highest BCUT2D eigenvalue weighted by atomic mass is 16.6. The first-order valence-corrected chi connectivity index (χ1v) is 8.09. The van der Waals surface area contributed by atoms with Crippen LogP contribution < -0.4 is 5.43 Å². The van der Waals surface area contributed by atoms with Crippen LogP contribution in [-0.2, 0) is 13.5 Å². The molecule has 0 bridgehead atoms. The summed E-state index contributed by atoms with van der Waals surface area (Å²) in [5.74, 6) is 0.159. The molecule has 2 heterocycles. The van der Waals surface area contributed by atoms with Gasteiger partial charge in [0.15, 0.2) is 16.9 Å². The fourth-order valence-corrected chi connectivity index (χ4v) is 3.22. The molecule has 3 aromatic rings. The van der Waals surface area contributed by atoms with Gasteiger partial charge in [-0.25, -0.2) is 0 Å². The van der Waals surface area contributed by atoms with Crippen molar-refractivity contribution < 1.29 is 9.34 Å². The van der Waals surface area contributed by atoms with Gasteiger partial charge in [0.2, 0.25) is 0 Å². The number of benzene rings is 1. The Kier molecular flexibility index (Phi) is 4.16. The standard InChI is InChI=1S/C18H19N3O4/c1-5-6-12-17(21(23)24)18(20(4)19-12)15-9-13(22)16-11(3)7-10(2)8-14(16)25-15/h7-9H,5-6H2,1-4H3. The SMILES string of the molecule is CCCc1nn(C)c(-c2cc(=O)c3c(C)cc(C)cc3o2)c1[N+](=O)[O-]. The fraction of sp³-hybridized carbons (Fsp3) is 0.333. The molecular formula is C18H19N3O4. The fourth-order valence-electron chi connectivity index (χ4n) is 3.22. The van der Waals surface area contributed by atoms with E-state index in [0.29, 0.717) is 23.1 Å². The Morgan fingerprint density at radius 1 is 1.28 bits per heavy atom. The van der Waals surface area contributed by atoms with Crippen molar-refractivity contribution in [1.82, 2.24) is 9.78 Å². The minimum atomic E-state index is -0.459. The van der Waals surface area contributed by atoms with Gasteiger partial charge >= 0.3 is 5.69 Å². The lowest BCUT2D eigenvalue weighted by Gasteiger charge is -2.06. The number of fused-ring (bicyclic) bond motifs is 1. The largest absolute Gasteiger partial charge is 0.454 e. The van der Waals surface area contributed by atoms with Crippen LogP contribution >= 0.6 is 0 Å². The quantitative estimate of drug-likeness (QED) is 0.533. The van der Waals surface area contributed by atoms with Gasteiger partial charge in [-0.3, -0.25) is 19.6 Å². The molecule has 0 fully saturated rings. The summed E-state index contributed by atoms with van der Waals surface area (Å²) in [6.45, 7) is 5.68. The van der Waals surface area contributed by atoms with Gasteiger partial charge in [0.25, 0.3) is 0 Å². The van der Waals surface area contributed by atoms with Gasteiger partial charge in [-0.15, -0.1) is 0 Å². The Morgan fingerprint density at radius 2 is 2.00 bits per heavy atom. The first kappa shape index (κ1) is 16.9. The van der Waals surface area contributed by atoms with Crippen molar-refractivity contribution in [3.63, 3.8) is 0 Å². The Balaban J connectivity index is 2.34. The molecule has 0 aliphatic rings. The summed E-state index contributed by atoms with van der Waals surface area (Å²) in [7, 11) is 1.62. The summed E-state index contributed by atoms with van der Waals surface area (Å²) in [5.41, 5.74) is 2.49. The summed E-state index contributed by atoms with van der Waals surface area (Å²) in [6, 6.07) is 4.98. The first-order valence-electron chi connectivity index (χ1n) is 8.09. The van der Waals surface area contributed by atoms with Crippen molar-refractivity contribution in [1.29, 1.82) is 0 Å². The molecule has 2 aromatic heterocycles. The Labute approximate surface area is 144 Å². The molecule has 0 radical (unpaired) electrons. The maximum atomic E-state index is 12.6. The van der Waals surface area contributed by atoms with E-state index in [9.17, 15) is 14.9 Å². The molecule has 0 unspecified atom stereocenters. The summed E-state index contributed by atoms with van der Waals surface area (Å²) in [6.07, 6.45) is 1.22. The summed E-state index contributed by atoms with van der Waals surface area (Å²) < 4.78 is 7.30. The van der Waals surface area contributed by atoms with Gasteiger partial charge in [-0.05, 0) is 37.5 Å². The molecule has 0 atom stereocenters. The summed E-state index contributed by atoms with van der Waals surface area (Å²) in [4.78, 5) is 23.7. The molecule has 0 N–H and O–H groups in total. The van der Waals surface area contributed by atoms with Crippen LogP contribution in [0.25, 0.3) is 22.4 Å². The number of rotatable bonds is 4. The van der Waals surface area contributed by atoms with Crippen LogP contribution in [0.1, 0.15) is 30.2 Å². The van der Waals surface area contributed by atoms with E-state index >= 15 is 0 Å². The van der Waals surface area contributed by atoms with E-state index in [4.69, 9.17) is 4.42 Å². The normalized spacial score (nSPS) is 11.2. The molecule has 25 heavy (non-hydrogen) atoms. The van der Waals surface area contributed by atoms with Gasteiger partial charge in [0.05, 0.1) is 10.3 Å². The zero-order valence-electron chi connectivity index (χ0n) is 14.6. The van der Waals surface area contributed by atoms with E-state index in [1.54, 1.807) is 13.1 Å². The highest BCUT2D eigenvalue weighted by Gasteiger charge is 2.29. The minimum absolute atomic E-state index is 0.101. The van der Waals surface area contributed by atoms with E-state index in [0.717, 1.165) is 17.5 Å². The maximum Gasteiger partial charge on any atom is 0.321 e. The van der Waals surface area contributed by atoms with Crippen molar-refractivity contribution in [2.24, 2.45) is 7.05 Å². The second-order valence-electron chi connectivity index (χ2n) is 6.20. The molecule has 7 nitrogen and oxygen atoms in total. The van der Waals surface area contributed by atoms with Crippen molar-refractivity contribution in [3.05, 3.63) is 55.4 Å². The Bertz CT molecular complexity index is 1050. The average Bonchev–Trinajstić information content (AvgIpc) is 2.82. The van der Waals surface area contributed by atoms with Crippen LogP contribution in [0.3, 0.4) is 0 Å². The van der Waals surface area contributed by atoms with E-state index < -0.39 is 4.92 Å². The molecular weight excluding hydrogens is 322 g/mol. The number of nitro groups is 1. The molecule has 0 spiro atoms. The Hall–Kier alpha value is -2.96. The van der Waals surface area contributed by atoms with E-state index in [2.05, 4.69) is 5.10 Å². The van der Waals surface area contributed by atoms with E-state index in [1.807, 2.05) is 26.8 Å². The molecule has 0 aliphatic heterocycles. The molecule has 130 valence electrons. The number of hydrogen-bond donors (Lipinski definition) is 0. The van der Waals surface area contributed by atoms with Crippen LogP contribution in [0.5, 0.6) is 0 Å². The third kappa shape index (κ3) is 2.82. The lowest BCUT2D eigenvalue weighted by molar-refractivity contribution is -0.385. The van der Waals surface area contributed by atoms with Crippen LogP contribution in [0.2, 0.25) is 0 Å². The molecule has 0 saturated carbocycles. The van der Waals surface area contributed by atoms with Crippen molar-refractivity contribution >= 4 is 16.7 Å². The average molecular weight is 341 g/mol. The van der Waals surface area contributed by atoms with Crippen LogP contribution in [0.15, 0.2) is 27.4 Å². The molecule has 0 amide bonds. The van der Waals surface area contributed by atoms with Gasteiger partial charge in [0, 0.05) is 13.1 Å². The van der Waals surface area contributed by atoms with E-state index in [1.165, 1.54) is 10.7 Å². The lowest BCUT2D eigenvalue weighted by atomic mass is 10.1. The van der Waals surface area contributed by atoms with Crippen LogP contribution in [0, 0.1) is 24.0 Å². The van der Waals surface area contributed by atoms with Crippen molar-refractivity contribution in [2.75, 3.05) is 0 Å². The lowest BCUT2D eigenvalue weighted by Crippen LogP contribution is -2.05. The molecule has 7 heteroatoms. The van der Waals surface area contributed by atoms with Crippen molar-refractivity contribution in [3.8, 4) is 11.5 Å². The molecule has 1 aromatic carbocycles. The maximum absolute atomic E-state index is 12.6. The third-order valence-corrected chi connectivity index (χ3v) is 4.17. The predicted molar refractivity (Wildman–Crippen MR) is 94.8 cm³/mol.